The van der Waals surface area contributed by atoms with Crippen molar-refractivity contribution in [3.05, 3.63) is 12.7 Å². The molecule has 0 bridgehead atoms. The molecule has 0 aliphatic heterocycles. The monoisotopic (exact) mass is 398 g/mol. The van der Waals surface area contributed by atoms with Gasteiger partial charge in [0.05, 0.1) is 0 Å². The first-order valence-electron chi connectivity index (χ1n) is 11.1. The molecule has 0 N–H and O–H groups in total. The summed E-state index contributed by atoms with van der Waals surface area (Å²) in [6.45, 7) is 20.1. The fraction of sp³-hybridized carbons (Fsp3) is 0.680. The summed E-state index contributed by atoms with van der Waals surface area (Å²) in [5, 5.41) is 0. The van der Waals surface area contributed by atoms with E-state index in [1.807, 2.05) is 6.08 Å². The minimum atomic E-state index is -1.53. The van der Waals surface area contributed by atoms with Crippen molar-refractivity contribution in [2.24, 2.45) is 5.41 Å². The van der Waals surface area contributed by atoms with E-state index < -0.39 is 21.6 Å². The Hall–Kier alpha value is -1.15. The molecule has 0 atom stereocenters. The zero-order valence-electron chi connectivity index (χ0n) is 19.1. The van der Waals surface area contributed by atoms with Gasteiger partial charge in [0.25, 0.3) is 0 Å². The molecular weight excluding hydrogens is 356 g/mol. The van der Waals surface area contributed by atoms with Gasteiger partial charge < -0.3 is 0 Å². The number of unbranched alkanes of at least 4 members (excludes halogenated alkanes) is 2. The van der Waals surface area contributed by atoms with Gasteiger partial charge in [0.2, 0.25) is 0 Å². The van der Waals surface area contributed by atoms with E-state index in [0.717, 1.165) is 12.8 Å². The Labute approximate surface area is 173 Å². The Morgan fingerprint density at radius 2 is 1.11 bits per heavy atom. The Bertz CT molecular complexity index is 562. The summed E-state index contributed by atoms with van der Waals surface area (Å²) < 4.78 is 0. The molecule has 0 aliphatic carbocycles. The molecular formula is C25H42Si2. The van der Waals surface area contributed by atoms with Gasteiger partial charge in [0.1, 0.15) is 16.1 Å². The maximum atomic E-state index is 4.11. The van der Waals surface area contributed by atoms with Crippen molar-refractivity contribution >= 4 is 16.1 Å². The summed E-state index contributed by atoms with van der Waals surface area (Å²) >= 11 is 0. The minimum absolute atomic E-state index is 0.650. The molecule has 0 heterocycles. The van der Waals surface area contributed by atoms with E-state index in [1.54, 1.807) is 0 Å². The lowest BCUT2D eigenvalue weighted by Gasteiger charge is -2.23. The molecule has 0 radical (unpaired) electrons. The second-order valence-electron chi connectivity index (χ2n) is 7.60. The van der Waals surface area contributed by atoms with Crippen molar-refractivity contribution < 1.29 is 0 Å². The number of hydrogen-bond acceptors (Lipinski definition) is 0. The lowest BCUT2D eigenvalue weighted by molar-refractivity contribution is 0.824. The highest BCUT2D eigenvalue weighted by Gasteiger charge is 2.28. The third-order valence-electron chi connectivity index (χ3n) is 6.36. The molecule has 150 valence electrons. The van der Waals surface area contributed by atoms with Crippen molar-refractivity contribution in [3.8, 4) is 34.8 Å². The van der Waals surface area contributed by atoms with Crippen molar-refractivity contribution in [3.63, 3.8) is 0 Å². The van der Waals surface area contributed by atoms with Gasteiger partial charge >= 0.3 is 0 Å². The zero-order valence-corrected chi connectivity index (χ0v) is 21.1. The van der Waals surface area contributed by atoms with Crippen LogP contribution in [-0.2, 0) is 0 Å². The molecule has 0 amide bonds. The van der Waals surface area contributed by atoms with Crippen molar-refractivity contribution in [2.75, 3.05) is 0 Å². The first-order chi connectivity index (χ1) is 12.9. The average Bonchev–Trinajstić information content (AvgIpc) is 2.73. The maximum Gasteiger partial charge on any atom is 0.168 e. The Morgan fingerprint density at radius 3 is 1.41 bits per heavy atom. The number of allylic oxidation sites excluding steroid dienone is 1. The maximum absolute atomic E-state index is 4.11. The average molecular weight is 399 g/mol. The molecule has 0 rings (SSSR count). The number of rotatable bonds is 9. The third-order valence-corrected chi connectivity index (χ3v) is 15.8. The van der Waals surface area contributed by atoms with Crippen molar-refractivity contribution in [1.82, 2.24) is 0 Å². The lowest BCUT2D eigenvalue weighted by atomic mass is 9.91. The summed E-state index contributed by atoms with van der Waals surface area (Å²) in [5.74, 6) is 13.9. The summed E-state index contributed by atoms with van der Waals surface area (Å²) in [5.41, 5.74) is 6.82. The highest BCUT2D eigenvalue weighted by molar-refractivity contribution is 6.87. The van der Waals surface area contributed by atoms with Crippen LogP contribution in [0.3, 0.4) is 0 Å². The second-order valence-corrected chi connectivity index (χ2v) is 17.5. The van der Waals surface area contributed by atoms with E-state index >= 15 is 0 Å². The predicted octanol–water partition coefficient (Wildman–Crippen LogP) is 7.45. The molecule has 0 unspecified atom stereocenters. The lowest BCUT2D eigenvalue weighted by Crippen LogP contribution is -2.31. The molecule has 0 aromatic heterocycles. The molecule has 2 heteroatoms. The predicted molar refractivity (Wildman–Crippen MR) is 130 cm³/mol. The van der Waals surface area contributed by atoms with Gasteiger partial charge in [-0.2, -0.15) is 0 Å². The summed E-state index contributed by atoms with van der Waals surface area (Å²) in [4.78, 5) is 0. The van der Waals surface area contributed by atoms with Crippen LogP contribution in [0.1, 0.15) is 67.7 Å². The normalized spacial score (nSPS) is 11.4. The molecule has 0 aliphatic rings. The first kappa shape index (κ1) is 25.9. The fourth-order valence-electron chi connectivity index (χ4n) is 3.21. The molecule has 0 fully saturated rings. The third kappa shape index (κ3) is 7.78. The Kier molecular flexibility index (Phi) is 12.5. The van der Waals surface area contributed by atoms with Crippen LogP contribution >= 0.6 is 0 Å². The molecule has 0 aromatic rings. The van der Waals surface area contributed by atoms with E-state index in [4.69, 9.17) is 0 Å². The molecule has 0 nitrogen and oxygen atoms in total. The van der Waals surface area contributed by atoms with E-state index in [0.29, 0.717) is 0 Å². The van der Waals surface area contributed by atoms with Gasteiger partial charge in [0, 0.05) is 6.42 Å². The van der Waals surface area contributed by atoms with Crippen LogP contribution in [0.15, 0.2) is 12.7 Å². The van der Waals surface area contributed by atoms with Crippen LogP contribution in [0.5, 0.6) is 0 Å². The summed E-state index contributed by atoms with van der Waals surface area (Å²) in [6, 6.07) is 7.22. The van der Waals surface area contributed by atoms with E-state index in [1.165, 1.54) is 42.7 Å². The van der Waals surface area contributed by atoms with E-state index in [2.05, 4.69) is 89.8 Å². The SMILES string of the molecule is C=CC(C#CCCCC)(C#C[Si](CC)(CC)CC)C#C[Si](CC)(CC)CC. The molecule has 27 heavy (non-hydrogen) atoms. The molecule has 0 aromatic carbocycles. The zero-order chi connectivity index (χ0) is 20.8. The van der Waals surface area contributed by atoms with Crippen molar-refractivity contribution in [2.45, 2.75) is 104 Å². The topological polar surface area (TPSA) is 0 Å². The van der Waals surface area contributed by atoms with Gasteiger partial charge in [0.15, 0.2) is 5.41 Å². The van der Waals surface area contributed by atoms with Crippen LogP contribution < -0.4 is 0 Å². The van der Waals surface area contributed by atoms with E-state index in [-0.39, 0.29) is 0 Å². The summed E-state index contributed by atoms with van der Waals surface area (Å²) in [7, 11) is -3.06. The quantitative estimate of drug-likeness (QED) is 0.164. The van der Waals surface area contributed by atoms with Crippen LogP contribution in [-0.4, -0.2) is 16.1 Å². The van der Waals surface area contributed by atoms with Gasteiger partial charge in [-0.05, 0) is 48.8 Å². The fourth-order valence-corrected chi connectivity index (χ4v) is 8.19. The molecule has 0 spiro atoms. The van der Waals surface area contributed by atoms with Crippen LogP contribution in [0, 0.1) is 40.2 Å². The second kappa shape index (κ2) is 13.1. The molecule has 0 saturated carbocycles. The van der Waals surface area contributed by atoms with Gasteiger partial charge in [-0.25, -0.2) is 0 Å². The standard InChI is InChI=1S/C25H42Si2/c1-9-17-18-19-20-25(10-2,21-23-26(11-3,12-4)13-5)22-24-27(14-6,15-7)16-8/h10H,2,9,11-18H2,1,3-8H3. The Balaban J connectivity index is 6.27. The summed E-state index contributed by atoms with van der Waals surface area (Å²) in [6.07, 6.45) is 5.13. The van der Waals surface area contributed by atoms with Crippen LogP contribution in [0.2, 0.25) is 36.3 Å². The smallest absolute Gasteiger partial charge is 0.128 e. The highest BCUT2D eigenvalue weighted by atomic mass is 28.3. The van der Waals surface area contributed by atoms with E-state index in [9.17, 15) is 0 Å². The van der Waals surface area contributed by atoms with Crippen molar-refractivity contribution in [1.29, 1.82) is 0 Å². The number of hydrogen-bond donors (Lipinski definition) is 0. The minimum Gasteiger partial charge on any atom is -0.128 e. The Morgan fingerprint density at radius 1 is 0.704 bits per heavy atom. The van der Waals surface area contributed by atoms with Gasteiger partial charge in [-0.15, -0.1) is 17.0 Å². The van der Waals surface area contributed by atoms with Gasteiger partial charge in [-0.1, -0.05) is 79.2 Å². The van der Waals surface area contributed by atoms with Crippen LogP contribution in [0.25, 0.3) is 0 Å². The van der Waals surface area contributed by atoms with Gasteiger partial charge in [-0.3, -0.25) is 0 Å². The first-order valence-corrected chi connectivity index (χ1v) is 16.4. The highest BCUT2D eigenvalue weighted by Crippen LogP contribution is 2.24. The molecule has 0 saturated heterocycles. The largest absolute Gasteiger partial charge is 0.168 e. The van der Waals surface area contributed by atoms with Crippen LogP contribution in [0.4, 0.5) is 0 Å².